The lowest BCUT2D eigenvalue weighted by molar-refractivity contribution is -0.122. The predicted octanol–water partition coefficient (Wildman–Crippen LogP) is 3.25. The summed E-state index contributed by atoms with van der Waals surface area (Å²) < 4.78 is 0. The van der Waals surface area contributed by atoms with Gasteiger partial charge in [-0.15, -0.1) is 0 Å². The third-order valence-corrected chi connectivity index (χ3v) is 4.69. The molecule has 25 heavy (non-hydrogen) atoms. The summed E-state index contributed by atoms with van der Waals surface area (Å²) in [5.41, 5.74) is 2.24. The molecule has 1 aromatic rings. The van der Waals surface area contributed by atoms with Crippen LogP contribution in [0, 0.1) is 5.41 Å². The normalized spacial score (nSPS) is 19.6. The zero-order valence-electron chi connectivity index (χ0n) is 16.9. The zero-order valence-corrected chi connectivity index (χ0v) is 16.9. The second kappa shape index (κ2) is 7.40. The van der Waals surface area contributed by atoms with E-state index in [1.807, 2.05) is 20.3 Å². The number of carbonyl (C=O) groups is 1. The van der Waals surface area contributed by atoms with Gasteiger partial charge in [-0.2, -0.15) is 0 Å². The van der Waals surface area contributed by atoms with E-state index in [-0.39, 0.29) is 22.8 Å². The average molecular weight is 347 g/mol. The van der Waals surface area contributed by atoms with E-state index in [4.69, 9.17) is 4.98 Å². The summed E-state index contributed by atoms with van der Waals surface area (Å²) in [6, 6.07) is 0.0135. The first-order valence-electron chi connectivity index (χ1n) is 9.28. The number of hydrogen-bond donors (Lipinski definition) is 1. The van der Waals surface area contributed by atoms with Crippen LogP contribution in [0.25, 0.3) is 0 Å². The Morgan fingerprint density at radius 3 is 2.64 bits per heavy atom. The first-order chi connectivity index (χ1) is 11.5. The molecule has 1 amide bonds. The molecule has 0 bridgehead atoms. The molecule has 0 fully saturated rings. The minimum Gasteiger partial charge on any atom is -0.349 e. The molecule has 1 N–H and O–H groups in total. The van der Waals surface area contributed by atoms with Crippen LogP contribution in [0.5, 0.6) is 0 Å². The van der Waals surface area contributed by atoms with Crippen molar-refractivity contribution >= 4 is 5.91 Å². The van der Waals surface area contributed by atoms with Crippen molar-refractivity contribution in [2.75, 3.05) is 20.6 Å². The van der Waals surface area contributed by atoms with Crippen LogP contribution >= 0.6 is 0 Å². The first kappa shape index (κ1) is 19.8. The van der Waals surface area contributed by atoms with E-state index in [0.717, 1.165) is 42.9 Å². The largest absolute Gasteiger partial charge is 0.349 e. The number of hydrogen-bond acceptors (Lipinski definition) is 4. The van der Waals surface area contributed by atoms with E-state index < -0.39 is 0 Å². The quantitative estimate of drug-likeness (QED) is 0.889. The summed E-state index contributed by atoms with van der Waals surface area (Å²) in [5.74, 6) is 0.996. The number of nitrogens with zero attached hydrogens (tertiary/aromatic N) is 3. The molecule has 0 aliphatic heterocycles. The van der Waals surface area contributed by atoms with E-state index in [0.29, 0.717) is 6.42 Å². The highest BCUT2D eigenvalue weighted by Gasteiger charge is 2.35. The van der Waals surface area contributed by atoms with Crippen molar-refractivity contribution in [2.45, 2.75) is 71.8 Å². The molecule has 1 aliphatic carbocycles. The summed E-state index contributed by atoms with van der Waals surface area (Å²) in [6.07, 6.45) is 5.23. The zero-order chi connectivity index (χ0) is 18.8. The molecule has 1 heterocycles. The second-order valence-electron chi connectivity index (χ2n) is 9.42. The Labute approximate surface area is 152 Å². The van der Waals surface area contributed by atoms with Gasteiger partial charge in [0, 0.05) is 29.3 Å². The molecule has 0 radical (unpaired) electrons. The molecule has 0 unspecified atom stereocenters. The first-order valence-corrected chi connectivity index (χ1v) is 9.28. The lowest BCUT2D eigenvalue weighted by atomic mass is 9.74. The molecule has 0 aromatic carbocycles. The fourth-order valence-electron chi connectivity index (χ4n) is 3.36. The van der Waals surface area contributed by atoms with Gasteiger partial charge in [0.25, 0.3) is 0 Å². The molecular weight excluding hydrogens is 312 g/mol. The number of nitrogens with one attached hydrogen (secondary N) is 1. The number of rotatable bonds is 5. The van der Waals surface area contributed by atoms with Gasteiger partial charge in [0.2, 0.25) is 5.91 Å². The van der Waals surface area contributed by atoms with E-state index in [2.05, 4.69) is 49.8 Å². The van der Waals surface area contributed by atoms with Crippen LogP contribution < -0.4 is 5.32 Å². The summed E-state index contributed by atoms with van der Waals surface area (Å²) in [6.45, 7) is 11.8. The van der Waals surface area contributed by atoms with Crippen molar-refractivity contribution in [1.82, 2.24) is 20.2 Å². The van der Waals surface area contributed by atoms with Gasteiger partial charge in [0.15, 0.2) is 0 Å². The topological polar surface area (TPSA) is 58.1 Å². The highest BCUT2D eigenvalue weighted by molar-refractivity contribution is 5.76. The minimum absolute atomic E-state index is 0.0135. The average Bonchev–Trinajstić information content (AvgIpc) is 2.43. The lowest BCUT2D eigenvalue weighted by Crippen LogP contribution is -2.37. The Morgan fingerprint density at radius 2 is 2.04 bits per heavy atom. The SMILES string of the molecule is CN(C)CCCC(=O)N[C@H]1CC(C)(C)Cc2nc(C(C)(C)C)ncc21. The smallest absolute Gasteiger partial charge is 0.220 e. The number of fused-ring (bicyclic) bond motifs is 1. The van der Waals surface area contributed by atoms with Crippen molar-refractivity contribution in [3.05, 3.63) is 23.3 Å². The van der Waals surface area contributed by atoms with E-state index in [9.17, 15) is 4.79 Å². The third-order valence-electron chi connectivity index (χ3n) is 4.69. The van der Waals surface area contributed by atoms with Gasteiger partial charge in [-0.3, -0.25) is 4.79 Å². The van der Waals surface area contributed by atoms with Crippen LogP contribution in [-0.2, 0) is 16.6 Å². The Kier molecular flexibility index (Phi) is 5.87. The molecule has 2 rings (SSSR count). The van der Waals surface area contributed by atoms with Crippen molar-refractivity contribution in [3.8, 4) is 0 Å². The molecule has 0 saturated carbocycles. The van der Waals surface area contributed by atoms with Crippen LogP contribution in [-0.4, -0.2) is 41.4 Å². The highest BCUT2D eigenvalue weighted by atomic mass is 16.1. The molecular formula is C20H34N4O. The van der Waals surface area contributed by atoms with Gasteiger partial charge in [0.1, 0.15) is 5.82 Å². The van der Waals surface area contributed by atoms with Gasteiger partial charge in [-0.05, 0) is 45.3 Å². The molecule has 1 aromatic heterocycles. The predicted molar refractivity (Wildman–Crippen MR) is 102 cm³/mol. The maximum Gasteiger partial charge on any atom is 0.220 e. The van der Waals surface area contributed by atoms with E-state index in [1.54, 1.807) is 0 Å². The summed E-state index contributed by atoms with van der Waals surface area (Å²) in [4.78, 5) is 23.9. The van der Waals surface area contributed by atoms with Crippen molar-refractivity contribution < 1.29 is 4.79 Å². The van der Waals surface area contributed by atoms with Crippen molar-refractivity contribution in [3.63, 3.8) is 0 Å². The Bertz CT molecular complexity index is 617. The number of aromatic nitrogens is 2. The maximum atomic E-state index is 12.4. The van der Waals surface area contributed by atoms with Crippen LogP contribution in [0.1, 0.15) is 77.0 Å². The minimum atomic E-state index is -0.0679. The number of amides is 1. The fourth-order valence-corrected chi connectivity index (χ4v) is 3.36. The molecule has 0 saturated heterocycles. The van der Waals surface area contributed by atoms with Gasteiger partial charge in [-0.1, -0.05) is 34.6 Å². The molecule has 140 valence electrons. The molecule has 5 heteroatoms. The standard InChI is InChI=1S/C20H34N4O/c1-19(2,3)18-21-13-14-15(11-20(4,5)12-16(14)23-18)22-17(25)9-8-10-24(6)7/h13,15H,8-12H2,1-7H3,(H,22,25)/t15-/m0/s1. The summed E-state index contributed by atoms with van der Waals surface area (Å²) in [5, 5.41) is 3.23. The fraction of sp³-hybridized carbons (Fsp3) is 0.750. The van der Waals surface area contributed by atoms with Gasteiger partial charge in [0.05, 0.1) is 6.04 Å². The summed E-state index contributed by atoms with van der Waals surface area (Å²) >= 11 is 0. The Morgan fingerprint density at radius 1 is 1.36 bits per heavy atom. The van der Waals surface area contributed by atoms with E-state index >= 15 is 0 Å². The van der Waals surface area contributed by atoms with Crippen LogP contribution in [0.2, 0.25) is 0 Å². The van der Waals surface area contributed by atoms with Crippen molar-refractivity contribution in [1.29, 1.82) is 0 Å². The number of carbonyl (C=O) groups excluding carboxylic acids is 1. The van der Waals surface area contributed by atoms with Crippen LogP contribution in [0.15, 0.2) is 6.20 Å². The molecule has 0 spiro atoms. The monoisotopic (exact) mass is 346 g/mol. The molecule has 1 atom stereocenters. The van der Waals surface area contributed by atoms with Crippen LogP contribution in [0.3, 0.4) is 0 Å². The van der Waals surface area contributed by atoms with E-state index in [1.165, 1.54) is 0 Å². The Hall–Kier alpha value is -1.49. The molecule has 1 aliphatic rings. The Balaban J connectivity index is 2.16. The highest BCUT2D eigenvalue weighted by Crippen LogP contribution is 2.40. The third kappa shape index (κ3) is 5.50. The summed E-state index contributed by atoms with van der Waals surface area (Å²) in [7, 11) is 4.06. The molecule has 5 nitrogen and oxygen atoms in total. The van der Waals surface area contributed by atoms with Crippen LogP contribution in [0.4, 0.5) is 0 Å². The van der Waals surface area contributed by atoms with Gasteiger partial charge in [-0.25, -0.2) is 9.97 Å². The maximum absolute atomic E-state index is 12.4. The second-order valence-corrected chi connectivity index (χ2v) is 9.42. The van der Waals surface area contributed by atoms with Gasteiger partial charge >= 0.3 is 0 Å². The van der Waals surface area contributed by atoms with Crippen molar-refractivity contribution in [2.24, 2.45) is 5.41 Å². The van der Waals surface area contributed by atoms with Gasteiger partial charge < -0.3 is 10.2 Å². The lowest BCUT2D eigenvalue weighted by Gasteiger charge is -2.37.